The quantitative estimate of drug-likeness (QED) is 0.546. The third-order valence-electron chi connectivity index (χ3n) is 4.51. The Kier molecular flexibility index (Phi) is 5.40. The average Bonchev–Trinajstić information content (AvgIpc) is 3.06. The Morgan fingerprint density at radius 2 is 1.43 bits per heavy atom. The lowest BCUT2D eigenvalue weighted by Gasteiger charge is -2.18. The van der Waals surface area contributed by atoms with Crippen molar-refractivity contribution in [3.63, 3.8) is 0 Å². The molecule has 7 heteroatoms. The van der Waals surface area contributed by atoms with Gasteiger partial charge in [0.2, 0.25) is 0 Å². The van der Waals surface area contributed by atoms with Gasteiger partial charge in [-0.3, -0.25) is 9.69 Å². The first-order chi connectivity index (χ1) is 14.4. The summed E-state index contributed by atoms with van der Waals surface area (Å²) in [6.45, 7) is 0. The second-order valence-corrected chi connectivity index (χ2v) is 7.39. The molecule has 1 N–H and O–H groups in total. The van der Waals surface area contributed by atoms with E-state index < -0.39 is 5.97 Å². The maximum absolute atomic E-state index is 13.2. The topological polar surface area (TPSA) is 70.0 Å². The van der Waals surface area contributed by atoms with Crippen molar-refractivity contribution in [1.29, 1.82) is 0 Å². The average molecular weight is 437 g/mol. The van der Waals surface area contributed by atoms with Crippen LogP contribution in [0.1, 0.15) is 21.5 Å². The number of carbonyl (C=O) groups excluding carboxylic acids is 1. The molecule has 0 fully saturated rings. The van der Waals surface area contributed by atoms with Crippen LogP contribution in [-0.2, 0) is 4.79 Å². The van der Waals surface area contributed by atoms with Gasteiger partial charge in [0.05, 0.1) is 11.3 Å². The number of aliphatic imine (C=N–C) groups is 1. The Hall–Kier alpha value is -3.41. The summed E-state index contributed by atoms with van der Waals surface area (Å²) in [6.07, 6.45) is 1.62. The van der Waals surface area contributed by atoms with Crippen molar-refractivity contribution in [2.75, 3.05) is 4.90 Å². The summed E-state index contributed by atoms with van der Waals surface area (Å²) in [5.41, 5.74) is 2.43. The third kappa shape index (κ3) is 3.99. The van der Waals surface area contributed by atoms with Gasteiger partial charge < -0.3 is 5.11 Å². The number of nitrogens with zero attached hydrogens (tertiary/aromatic N) is 2. The number of anilines is 1. The zero-order valence-electron chi connectivity index (χ0n) is 15.4. The van der Waals surface area contributed by atoms with Crippen molar-refractivity contribution in [2.24, 2.45) is 4.99 Å². The van der Waals surface area contributed by atoms with Crippen LogP contribution in [0.15, 0.2) is 83.5 Å². The van der Waals surface area contributed by atoms with Crippen LogP contribution in [0.3, 0.4) is 0 Å². The van der Waals surface area contributed by atoms with Gasteiger partial charge in [-0.2, -0.15) is 0 Å². The van der Waals surface area contributed by atoms with Crippen LogP contribution in [0, 0.1) is 0 Å². The van der Waals surface area contributed by atoms with Crippen molar-refractivity contribution >= 4 is 52.7 Å². The lowest BCUT2D eigenvalue weighted by atomic mass is 10.1. The van der Waals surface area contributed by atoms with Gasteiger partial charge in [-0.05, 0) is 72.3 Å². The summed E-state index contributed by atoms with van der Waals surface area (Å²) < 4.78 is 0. The largest absolute Gasteiger partial charge is 0.478 e. The standard InChI is InChI=1S/C23H14Cl2N2O3/c24-17-7-5-15(6-8-17)21-26-20(13-14-1-3-16(4-2-14)23(29)30)22(28)27(21)19-11-9-18(25)10-12-19/h1-13H,(H,29,30)/b20-13+. The number of hydrogen-bond donors (Lipinski definition) is 1. The SMILES string of the molecule is O=C(O)c1ccc(/C=C2/N=C(c3ccc(Cl)cc3)N(c3ccc(Cl)cc3)C2=O)cc1. The number of aromatic carboxylic acids is 1. The molecule has 5 nitrogen and oxygen atoms in total. The molecule has 4 rings (SSSR count). The van der Waals surface area contributed by atoms with E-state index in [0.717, 1.165) is 5.56 Å². The van der Waals surface area contributed by atoms with Gasteiger partial charge in [-0.1, -0.05) is 35.3 Å². The summed E-state index contributed by atoms with van der Waals surface area (Å²) in [6, 6.07) is 20.2. The molecule has 1 aliphatic heterocycles. The van der Waals surface area contributed by atoms with Gasteiger partial charge in [0.25, 0.3) is 5.91 Å². The first kappa shape index (κ1) is 19.9. The minimum atomic E-state index is -1.01. The highest BCUT2D eigenvalue weighted by Crippen LogP contribution is 2.29. The Bertz CT molecular complexity index is 1180. The van der Waals surface area contributed by atoms with Gasteiger partial charge in [-0.15, -0.1) is 0 Å². The second-order valence-electron chi connectivity index (χ2n) is 6.52. The second kappa shape index (κ2) is 8.14. The number of rotatable bonds is 4. The highest BCUT2D eigenvalue weighted by Gasteiger charge is 2.32. The number of hydrogen-bond acceptors (Lipinski definition) is 3. The maximum Gasteiger partial charge on any atom is 0.335 e. The van der Waals surface area contributed by atoms with Crippen molar-refractivity contribution in [1.82, 2.24) is 0 Å². The molecule has 1 amide bonds. The molecule has 0 saturated heterocycles. The summed E-state index contributed by atoms with van der Waals surface area (Å²) in [7, 11) is 0. The van der Waals surface area contributed by atoms with Crippen LogP contribution in [0.4, 0.5) is 5.69 Å². The summed E-state index contributed by atoms with van der Waals surface area (Å²) in [5.74, 6) is -0.847. The molecular formula is C23H14Cl2N2O3. The van der Waals surface area contributed by atoms with Crippen LogP contribution in [0.25, 0.3) is 6.08 Å². The molecule has 0 aliphatic carbocycles. The van der Waals surface area contributed by atoms with Gasteiger partial charge in [0, 0.05) is 15.6 Å². The predicted molar refractivity (Wildman–Crippen MR) is 118 cm³/mol. The maximum atomic E-state index is 13.2. The Morgan fingerprint density at radius 3 is 2.00 bits per heavy atom. The molecule has 3 aromatic rings. The zero-order chi connectivity index (χ0) is 21.3. The highest BCUT2D eigenvalue weighted by molar-refractivity contribution is 6.34. The Morgan fingerprint density at radius 1 is 0.867 bits per heavy atom. The van der Waals surface area contributed by atoms with Gasteiger partial charge >= 0.3 is 5.97 Å². The highest BCUT2D eigenvalue weighted by atomic mass is 35.5. The molecule has 0 spiro atoms. The molecule has 0 aromatic heterocycles. The van der Waals surface area contributed by atoms with Crippen molar-refractivity contribution in [3.05, 3.63) is 105 Å². The van der Waals surface area contributed by atoms with E-state index in [2.05, 4.69) is 4.99 Å². The summed E-state index contributed by atoms with van der Waals surface area (Å²) in [5, 5.41) is 10.2. The Labute approximate surface area is 182 Å². The lowest BCUT2D eigenvalue weighted by Crippen LogP contribution is -2.32. The van der Waals surface area contributed by atoms with Crippen molar-refractivity contribution in [3.8, 4) is 0 Å². The normalized spacial score (nSPS) is 14.9. The molecule has 0 saturated carbocycles. The van der Waals surface area contributed by atoms with Crippen LogP contribution < -0.4 is 4.90 Å². The van der Waals surface area contributed by atoms with Crippen molar-refractivity contribution < 1.29 is 14.7 Å². The molecule has 0 unspecified atom stereocenters. The number of amidine groups is 1. The molecule has 1 aliphatic rings. The van der Waals surface area contributed by atoms with Gasteiger partial charge in [-0.25, -0.2) is 9.79 Å². The fourth-order valence-corrected chi connectivity index (χ4v) is 3.27. The minimum Gasteiger partial charge on any atom is -0.478 e. The zero-order valence-corrected chi connectivity index (χ0v) is 16.9. The number of carboxylic acids is 1. The first-order valence-electron chi connectivity index (χ1n) is 8.92. The van der Waals surface area contributed by atoms with E-state index in [1.807, 2.05) is 0 Å². The van der Waals surface area contributed by atoms with Crippen LogP contribution in [0.2, 0.25) is 10.0 Å². The molecule has 0 atom stereocenters. The Balaban J connectivity index is 1.78. The first-order valence-corrected chi connectivity index (χ1v) is 9.68. The van der Waals surface area contributed by atoms with E-state index in [1.54, 1.807) is 66.7 Å². The number of carbonyl (C=O) groups is 2. The van der Waals surface area contributed by atoms with Crippen LogP contribution in [-0.4, -0.2) is 22.8 Å². The monoisotopic (exact) mass is 436 g/mol. The summed E-state index contributed by atoms with van der Waals surface area (Å²) in [4.78, 5) is 30.3. The molecule has 30 heavy (non-hydrogen) atoms. The van der Waals surface area contributed by atoms with E-state index in [1.165, 1.54) is 17.0 Å². The predicted octanol–water partition coefficient (Wildman–Crippen LogP) is 5.53. The molecule has 0 bridgehead atoms. The van der Waals surface area contributed by atoms with Crippen LogP contribution in [0.5, 0.6) is 0 Å². The van der Waals surface area contributed by atoms with E-state index in [-0.39, 0.29) is 17.2 Å². The van der Waals surface area contributed by atoms with Gasteiger partial charge in [0.15, 0.2) is 0 Å². The van der Waals surface area contributed by atoms with Crippen molar-refractivity contribution in [2.45, 2.75) is 0 Å². The smallest absolute Gasteiger partial charge is 0.335 e. The van der Waals surface area contributed by atoms with E-state index in [4.69, 9.17) is 28.3 Å². The molecule has 148 valence electrons. The number of amides is 1. The minimum absolute atomic E-state index is 0.169. The fourth-order valence-electron chi connectivity index (χ4n) is 3.02. The molecule has 0 radical (unpaired) electrons. The lowest BCUT2D eigenvalue weighted by molar-refractivity contribution is -0.113. The number of halogens is 2. The van der Waals surface area contributed by atoms with Gasteiger partial charge in [0.1, 0.15) is 11.5 Å². The van der Waals surface area contributed by atoms with E-state index >= 15 is 0 Å². The van der Waals surface area contributed by atoms with E-state index in [9.17, 15) is 9.59 Å². The number of carboxylic acid groups (broad SMARTS) is 1. The molecule has 1 heterocycles. The van der Waals surface area contributed by atoms with Crippen LogP contribution >= 0.6 is 23.2 Å². The van der Waals surface area contributed by atoms with E-state index in [0.29, 0.717) is 27.1 Å². The fraction of sp³-hybridized carbons (Fsp3) is 0. The molecular weight excluding hydrogens is 423 g/mol. The number of benzene rings is 3. The third-order valence-corrected chi connectivity index (χ3v) is 5.01. The molecule has 3 aromatic carbocycles. The summed E-state index contributed by atoms with van der Waals surface area (Å²) >= 11 is 12.0.